The van der Waals surface area contributed by atoms with Crippen LogP contribution in [0, 0.1) is 0 Å². The van der Waals surface area contributed by atoms with Crippen molar-refractivity contribution in [2.45, 2.75) is 66.8 Å². The number of benzene rings is 3. The highest BCUT2D eigenvalue weighted by atomic mass is 35.5. The highest BCUT2D eigenvalue weighted by Crippen LogP contribution is 2.36. The Morgan fingerprint density at radius 3 is 2.00 bits per heavy atom. The maximum Gasteiger partial charge on any atom is 0.150 e. The predicted octanol–water partition coefficient (Wildman–Crippen LogP) is 9.17. The first-order chi connectivity index (χ1) is 22.0. The van der Waals surface area contributed by atoms with Crippen molar-refractivity contribution in [3.63, 3.8) is 0 Å². The van der Waals surface area contributed by atoms with Crippen LogP contribution in [0.4, 0.5) is 0 Å². The molecule has 0 saturated carbocycles. The third-order valence-electron chi connectivity index (χ3n) is 8.22. The lowest BCUT2D eigenvalue weighted by Gasteiger charge is -2.18. The van der Waals surface area contributed by atoms with Gasteiger partial charge >= 0.3 is 0 Å². The van der Waals surface area contributed by atoms with Crippen molar-refractivity contribution in [3.8, 4) is 34.4 Å². The van der Waals surface area contributed by atoms with E-state index in [1.807, 2.05) is 42.5 Å². The zero-order valence-electron chi connectivity index (χ0n) is 27.9. The van der Waals surface area contributed by atoms with Crippen LogP contribution in [-0.4, -0.2) is 71.8 Å². The summed E-state index contributed by atoms with van der Waals surface area (Å²) in [7, 11) is 0. The van der Waals surface area contributed by atoms with Crippen LogP contribution in [0.15, 0.2) is 60.7 Å². The second-order valence-electron chi connectivity index (χ2n) is 11.3. The van der Waals surface area contributed by atoms with Gasteiger partial charge in [-0.2, -0.15) is 0 Å². The quantitative estimate of drug-likeness (QED) is 0.0904. The molecule has 0 unspecified atom stereocenters. The molecular weight excluding hydrogens is 584 g/mol. The van der Waals surface area contributed by atoms with Crippen molar-refractivity contribution >= 4 is 22.6 Å². The average molecular weight is 635 g/mol. The maximum absolute atomic E-state index is 6.46. The molecule has 0 amide bonds. The number of nitrogens with zero attached hydrogens (tertiary/aromatic N) is 4. The number of hydrogen-bond acceptors (Lipinski definition) is 6. The summed E-state index contributed by atoms with van der Waals surface area (Å²) in [6.07, 6.45) is 4.06. The van der Waals surface area contributed by atoms with E-state index in [9.17, 15) is 0 Å². The molecule has 0 aliphatic heterocycles. The van der Waals surface area contributed by atoms with E-state index in [1.165, 1.54) is 0 Å². The number of aryl methyl sites for hydroxylation is 1. The molecule has 0 radical (unpaired) electrons. The van der Waals surface area contributed by atoms with E-state index in [4.69, 9.17) is 30.8 Å². The van der Waals surface area contributed by atoms with E-state index >= 15 is 0 Å². The number of unbranched alkanes of at least 4 members (excludes halogenated alkanes) is 1. The van der Waals surface area contributed by atoms with Gasteiger partial charge in [-0.05, 0) is 87.9 Å². The zero-order valence-corrected chi connectivity index (χ0v) is 28.6. The van der Waals surface area contributed by atoms with Gasteiger partial charge in [0.2, 0.25) is 0 Å². The van der Waals surface area contributed by atoms with E-state index < -0.39 is 0 Å². The van der Waals surface area contributed by atoms with E-state index in [0.717, 1.165) is 111 Å². The summed E-state index contributed by atoms with van der Waals surface area (Å²) in [5.74, 6) is 3.98. The van der Waals surface area contributed by atoms with Crippen LogP contribution in [-0.2, 0) is 6.54 Å². The minimum atomic E-state index is 0.629. The van der Waals surface area contributed by atoms with Crippen LogP contribution >= 0.6 is 11.6 Å². The SMILES string of the molecule is CCCCn1c(-c2ccc(Oc3cccc(Cl)c3)cc2)nc2c(OCCCN(CC)CC)cc(OCCCN(CC)CC)cc21. The van der Waals surface area contributed by atoms with Gasteiger partial charge in [-0.3, -0.25) is 0 Å². The number of imidazole rings is 1. The number of hydrogen-bond donors (Lipinski definition) is 0. The first-order valence-electron chi connectivity index (χ1n) is 16.8. The molecule has 0 fully saturated rings. The van der Waals surface area contributed by atoms with Crippen LogP contribution in [0.3, 0.4) is 0 Å². The molecule has 0 aliphatic carbocycles. The van der Waals surface area contributed by atoms with Crippen LogP contribution in [0.2, 0.25) is 5.02 Å². The Balaban J connectivity index is 1.63. The Hall–Kier alpha value is -3.26. The number of halogens is 1. The van der Waals surface area contributed by atoms with Crippen molar-refractivity contribution < 1.29 is 14.2 Å². The fourth-order valence-electron chi connectivity index (χ4n) is 5.49. The van der Waals surface area contributed by atoms with Crippen molar-refractivity contribution in [1.82, 2.24) is 19.4 Å². The van der Waals surface area contributed by atoms with Gasteiger partial charge in [-0.1, -0.05) is 58.7 Å². The molecule has 244 valence electrons. The molecule has 8 heteroatoms. The fraction of sp³-hybridized carbons (Fsp3) is 0.486. The highest BCUT2D eigenvalue weighted by Gasteiger charge is 2.19. The average Bonchev–Trinajstić information content (AvgIpc) is 3.42. The number of rotatable bonds is 20. The van der Waals surface area contributed by atoms with E-state index in [0.29, 0.717) is 24.0 Å². The Morgan fingerprint density at radius 2 is 1.38 bits per heavy atom. The molecule has 0 spiro atoms. The molecule has 0 N–H and O–H groups in total. The molecule has 3 aromatic carbocycles. The predicted molar refractivity (Wildman–Crippen MR) is 187 cm³/mol. The normalized spacial score (nSPS) is 11.6. The van der Waals surface area contributed by atoms with Gasteiger partial charge in [0, 0.05) is 42.4 Å². The van der Waals surface area contributed by atoms with Crippen molar-refractivity contribution in [3.05, 3.63) is 65.7 Å². The molecule has 1 aromatic heterocycles. The molecular formula is C37H51ClN4O3. The smallest absolute Gasteiger partial charge is 0.150 e. The molecule has 1 heterocycles. The first kappa shape index (κ1) is 34.6. The second-order valence-corrected chi connectivity index (χ2v) is 11.7. The lowest BCUT2D eigenvalue weighted by Crippen LogP contribution is -2.25. The molecule has 0 atom stereocenters. The Labute approximate surface area is 275 Å². The Kier molecular flexibility index (Phi) is 13.9. The second kappa shape index (κ2) is 18.0. The summed E-state index contributed by atoms with van der Waals surface area (Å²) >= 11 is 6.15. The molecule has 45 heavy (non-hydrogen) atoms. The minimum absolute atomic E-state index is 0.629. The zero-order chi connectivity index (χ0) is 32.0. The summed E-state index contributed by atoms with van der Waals surface area (Å²) in [6, 6.07) is 19.7. The van der Waals surface area contributed by atoms with E-state index in [1.54, 1.807) is 0 Å². The third kappa shape index (κ3) is 9.86. The van der Waals surface area contributed by atoms with Crippen LogP contribution in [0.1, 0.15) is 60.3 Å². The first-order valence-corrected chi connectivity index (χ1v) is 17.2. The summed E-state index contributed by atoms with van der Waals surface area (Å²) in [6.45, 7) is 19.4. The standard InChI is InChI=1S/C37H51ClN4O3/c1-6-11-23-42-34-27-33(43-24-13-21-40(7-2)8-3)28-35(44-25-14-22-41(9-4)10-5)36(34)39-37(42)29-17-19-31(20-18-29)45-32-16-12-15-30(38)26-32/h12,15-20,26-28H,6-11,13-14,21-25H2,1-5H3. The van der Waals surface area contributed by atoms with Gasteiger partial charge in [-0.15, -0.1) is 0 Å². The lowest BCUT2D eigenvalue weighted by molar-refractivity contribution is 0.243. The van der Waals surface area contributed by atoms with Crippen molar-refractivity contribution in [1.29, 1.82) is 0 Å². The minimum Gasteiger partial charge on any atom is -0.493 e. The summed E-state index contributed by atoms with van der Waals surface area (Å²) in [5, 5.41) is 0.645. The van der Waals surface area contributed by atoms with Crippen molar-refractivity contribution in [2.75, 3.05) is 52.5 Å². The van der Waals surface area contributed by atoms with Gasteiger partial charge in [0.05, 0.1) is 18.7 Å². The van der Waals surface area contributed by atoms with Gasteiger partial charge in [0.25, 0.3) is 0 Å². The van der Waals surface area contributed by atoms with Crippen molar-refractivity contribution in [2.24, 2.45) is 0 Å². The largest absolute Gasteiger partial charge is 0.493 e. The maximum atomic E-state index is 6.46. The summed E-state index contributed by atoms with van der Waals surface area (Å²) in [4.78, 5) is 10.0. The number of ether oxygens (including phenoxy) is 3. The monoisotopic (exact) mass is 634 g/mol. The molecule has 0 saturated heterocycles. The number of fused-ring (bicyclic) bond motifs is 1. The van der Waals surface area contributed by atoms with Crippen LogP contribution in [0.5, 0.6) is 23.0 Å². The summed E-state index contributed by atoms with van der Waals surface area (Å²) in [5.41, 5.74) is 2.94. The van der Waals surface area contributed by atoms with Crippen LogP contribution < -0.4 is 14.2 Å². The Morgan fingerprint density at radius 1 is 0.711 bits per heavy atom. The molecule has 0 bridgehead atoms. The highest BCUT2D eigenvalue weighted by molar-refractivity contribution is 6.30. The fourth-order valence-corrected chi connectivity index (χ4v) is 5.67. The van der Waals surface area contributed by atoms with E-state index in [-0.39, 0.29) is 0 Å². The Bertz CT molecular complexity index is 1450. The summed E-state index contributed by atoms with van der Waals surface area (Å²) < 4.78 is 21.2. The molecule has 4 aromatic rings. The van der Waals surface area contributed by atoms with Gasteiger partial charge in [-0.25, -0.2) is 4.98 Å². The van der Waals surface area contributed by atoms with Crippen LogP contribution in [0.25, 0.3) is 22.4 Å². The molecule has 4 rings (SSSR count). The lowest BCUT2D eigenvalue weighted by atomic mass is 10.2. The van der Waals surface area contributed by atoms with E-state index in [2.05, 4.69) is 67.2 Å². The van der Waals surface area contributed by atoms with Gasteiger partial charge in [0.15, 0.2) is 5.75 Å². The van der Waals surface area contributed by atoms with Gasteiger partial charge < -0.3 is 28.6 Å². The topological polar surface area (TPSA) is 52.0 Å². The number of aromatic nitrogens is 2. The third-order valence-corrected chi connectivity index (χ3v) is 8.46. The van der Waals surface area contributed by atoms with Gasteiger partial charge in [0.1, 0.15) is 28.6 Å². The molecule has 0 aliphatic rings. The molecule has 7 nitrogen and oxygen atoms in total.